The summed E-state index contributed by atoms with van der Waals surface area (Å²) in [5, 5.41) is 0. The van der Waals surface area contributed by atoms with Crippen molar-refractivity contribution in [2.75, 3.05) is 11.9 Å². The zero-order valence-corrected chi connectivity index (χ0v) is 20.0. The van der Waals surface area contributed by atoms with Crippen molar-refractivity contribution in [3.63, 3.8) is 0 Å². The molecule has 3 heterocycles. The van der Waals surface area contributed by atoms with E-state index in [1.54, 1.807) is 0 Å². The fourth-order valence-electron chi connectivity index (χ4n) is 4.46. The van der Waals surface area contributed by atoms with Gasteiger partial charge in [-0.05, 0) is 18.6 Å². The van der Waals surface area contributed by atoms with Crippen LogP contribution in [0.15, 0.2) is 52.0 Å². The first-order chi connectivity index (χ1) is 15.9. The van der Waals surface area contributed by atoms with Gasteiger partial charge in [-0.1, -0.05) is 32.0 Å². The summed E-state index contributed by atoms with van der Waals surface area (Å²) >= 11 is 0. The van der Waals surface area contributed by atoms with Gasteiger partial charge >= 0.3 is 11.7 Å². The molecule has 1 aliphatic rings. The number of anilines is 1. The number of likely N-dealkylation sites (N-methyl/N-ethyl adjacent to an activating group) is 1. The van der Waals surface area contributed by atoms with Crippen LogP contribution in [0.4, 0.5) is 5.69 Å². The molecule has 1 aromatic carbocycles. The maximum absolute atomic E-state index is 12.9. The predicted molar refractivity (Wildman–Crippen MR) is 127 cm³/mol. The fourth-order valence-corrected chi connectivity index (χ4v) is 4.46. The molecule has 0 radical (unpaired) electrons. The number of fused-ring (bicyclic) bond motifs is 2. The zero-order chi connectivity index (χ0) is 24.9. The van der Waals surface area contributed by atoms with Crippen LogP contribution in [0, 0.1) is 0 Å². The van der Waals surface area contributed by atoms with E-state index in [2.05, 4.69) is 4.98 Å². The highest BCUT2D eigenvalue weighted by molar-refractivity contribution is 5.96. The molecule has 0 amide bonds. The molecule has 0 spiro atoms. The minimum atomic E-state index is -1.02. The highest BCUT2D eigenvalue weighted by atomic mass is 16.5. The smallest absolute Gasteiger partial charge is 0.332 e. The van der Waals surface area contributed by atoms with Crippen LogP contribution >= 0.6 is 0 Å². The van der Waals surface area contributed by atoms with Gasteiger partial charge in [0.25, 0.3) is 5.56 Å². The SMILES string of the molecule is CC(OC(=O)Cn1cnc2c1c(=O)n(C)c(=O)n2C)C(=O)/C=C1/N(C)c2ccccc2C1(C)C. The maximum atomic E-state index is 12.9. The predicted octanol–water partition coefficient (Wildman–Crippen LogP) is 1.25. The minimum Gasteiger partial charge on any atom is -0.453 e. The first kappa shape index (κ1) is 23.2. The summed E-state index contributed by atoms with van der Waals surface area (Å²) < 4.78 is 8.87. The van der Waals surface area contributed by atoms with Crippen molar-refractivity contribution in [2.24, 2.45) is 14.1 Å². The molecule has 10 heteroatoms. The van der Waals surface area contributed by atoms with Crippen LogP contribution in [0.5, 0.6) is 0 Å². The summed E-state index contributed by atoms with van der Waals surface area (Å²) in [7, 11) is 4.75. The number of hydrogen-bond donors (Lipinski definition) is 0. The van der Waals surface area contributed by atoms with Gasteiger partial charge in [-0.15, -0.1) is 0 Å². The number of aromatic nitrogens is 4. The molecule has 4 rings (SSSR count). The summed E-state index contributed by atoms with van der Waals surface area (Å²) in [6.45, 7) is 5.28. The highest BCUT2D eigenvalue weighted by Crippen LogP contribution is 2.46. The Morgan fingerprint density at radius 2 is 1.79 bits per heavy atom. The van der Waals surface area contributed by atoms with Crippen molar-refractivity contribution in [2.45, 2.75) is 38.8 Å². The van der Waals surface area contributed by atoms with Crippen LogP contribution in [-0.2, 0) is 40.4 Å². The molecule has 1 unspecified atom stereocenters. The van der Waals surface area contributed by atoms with Gasteiger partial charge < -0.3 is 14.2 Å². The molecule has 0 N–H and O–H groups in total. The molecular weight excluding hydrogens is 438 g/mol. The standard InChI is InChI=1S/C24H27N5O5/c1-14(17(30)11-18-24(2,3)15-9-7-8-10-16(15)26(18)4)34-19(31)12-29-13-25-21-20(29)22(32)28(6)23(33)27(21)5/h7-11,13-14H,12H2,1-6H3/b18-11+. The third-order valence-corrected chi connectivity index (χ3v) is 6.44. The van der Waals surface area contributed by atoms with E-state index in [4.69, 9.17) is 4.74 Å². The molecular formula is C24H27N5O5. The Morgan fingerprint density at radius 1 is 1.12 bits per heavy atom. The number of para-hydroxylation sites is 1. The van der Waals surface area contributed by atoms with Crippen molar-refractivity contribution in [3.8, 4) is 0 Å². The Morgan fingerprint density at radius 3 is 2.47 bits per heavy atom. The first-order valence-corrected chi connectivity index (χ1v) is 10.8. The second-order valence-electron chi connectivity index (χ2n) is 9.02. The fraction of sp³-hybridized carbons (Fsp3) is 0.375. The molecule has 2 aromatic heterocycles. The molecule has 178 valence electrons. The number of hydrogen-bond acceptors (Lipinski definition) is 7. The number of carbonyl (C=O) groups excluding carboxylic acids is 2. The molecule has 0 fully saturated rings. The summed E-state index contributed by atoms with van der Waals surface area (Å²) in [6, 6.07) is 7.96. The lowest BCUT2D eigenvalue weighted by Gasteiger charge is -2.24. The van der Waals surface area contributed by atoms with E-state index in [1.165, 1.54) is 42.6 Å². The first-order valence-electron chi connectivity index (χ1n) is 10.8. The monoisotopic (exact) mass is 465 g/mol. The van der Waals surface area contributed by atoms with E-state index in [0.717, 1.165) is 21.5 Å². The van der Waals surface area contributed by atoms with Crippen LogP contribution in [-0.4, -0.2) is 43.6 Å². The van der Waals surface area contributed by atoms with E-state index in [0.29, 0.717) is 0 Å². The molecule has 1 atom stereocenters. The van der Waals surface area contributed by atoms with Crippen LogP contribution in [0.2, 0.25) is 0 Å². The quantitative estimate of drug-likeness (QED) is 0.412. The van der Waals surface area contributed by atoms with Crippen molar-refractivity contribution >= 4 is 28.6 Å². The normalized spacial score (nSPS) is 16.6. The number of imidazole rings is 1. The number of nitrogens with zero attached hydrogens (tertiary/aromatic N) is 5. The van der Waals surface area contributed by atoms with E-state index >= 15 is 0 Å². The lowest BCUT2D eigenvalue weighted by atomic mass is 9.83. The maximum Gasteiger partial charge on any atom is 0.332 e. The third kappa shape index (κ3) is 3.55. The molecule has 1 aliphatic heterocycles. The second-order valence-corrected chi connectivity index (χ2v) is 9.02. The van der Waals surface area contributed by atoms with Crippen molar-refractivity contribution in [1.29, 1.82) is 0 Å². The summed E-state index contributed by atoms with van der Waals surface area (Å²) in [5.41, 5.74) is 1.77. The van der Waals surface area contributed by atoms with Crippen molar-refractivity contribution in [3.05, 3.63) is 68.8 Å². The van der Waals surface area contributed by atoms with Crippen molar-refractivity contribution in [1.82, 2.24) is 18.7 Å². The summed E-state index contributed by atoms with van der Waals surface area (Å²) in [5.74, 6) is -1.04. The Labute approximate surface area is 195 Å². The highest BCUT2D eigenvalue weighted by Gasteiger charge is 2.39. The summed E-state index contributed by atoms with van der Waals surface area (Å²) in [6.07, 6.45) is 1.81. The zero-order valence-electron chi connectivity index (χ0n) is 20.0. The lowest BCUT2D eigenvalue weighted by Crippen LogP contribution is -2.37. The minimum absolute atomic E-state index is 0.106. The number of allylic oxidation sites excluding steroid dienone is 1. The molecule has 0 saturated carbocycles. The number of aryl methyl sites for hydroxylation is 1. The van der Waals surface area contributed by atoms with Crippen LogP contribution in [0.1, 0.15) is 26.3 Å². The topological polar surface area (TPSA) is 108 Å². The number of carbonyl (C=O) groups is 2. The molecule has 0 saturated heterocycles. The number of esters is 1. The van der Waals surface area contributed by atoms with E-state index in [-0.39, 0.29) is 28.9 Å². The largest absolute Gasteiger partial charge is 0.453 e. The van der Waals surface area contributed by atoms with E-state index < -0.39 is 23.3 Å². The van der Waals surface area contributed by atoms with Crippen LogP contribution < -0.4 is 16.1 Å². The van der Waals surface area contributed by atoms with Gasteiger partial charge in [-0.25, -0.2) is 9.78 Å². The number of benzene rings is 1. The van der Waals surface area contributed by atoms with Gasteiger partial charge in [-0.3, -0.25) is 23.5 Å². The van der Waals surface area contributed by atoms with Gasteiger partial charge in [-0.2, -0.15) is 0 Å². The Kier molecular flexibility index (Phi) is 5.55. The third-order valence-electron chi connectivity index (χ3n) is 6.44. The lowest BCUT2D eigenvalue weighted by molar-refractivity contribution is -0.153. The molecule has 10 nitrogen and oxygen atoms in total. The van der Waals surface area contributed by atoms with Crippen LogP contribution in [0.25, 0.3) is 11.2 Å². The van der Waals surface area contributed by atoms with Crippen molar-refractivity contribution < 1.29 is 14.3 Å². The Bertz CT molecular complexity index is 1470. The average Bonchev–Trinajstić information content (AvgIpc) is 3.29. The van der Waals surface area contributed by atoms with Gasteiger partial charge in [0.2, 0.25) is 0 Å². The molecule has 0 bridgehead atoms. The second kappa shape index (κ2) is 8.12. The van der Waals surface area contributed by atoms with E-state index in [9.17, 15) is 19.2 Å². The van der Waals surface area contributed by atoms with Crippen LogP contribution in [0.3, 0.4) is 0 Å². The summed E-state index contributed by atoms with van der Waals surface area (Å²) in [4.78, 5) is 56.2. The Hall–Kier alpha value is -3.95. The number of rotatable bonds is 5. The van der Waals surface area contributed by atoms with Gasteiger partial charge in [0.1, 0.15) is 6.54 Å². The van der Waals surface area contributed by atoms with Gasteiger partial charge in [0, 0.05) is 44.0 Å². The Balaban J connectivity index is 1.53. The average molecular weight is 466 g/mol. The molecule has 34 heavy (non-hydrogen) atoms. The molecule has 0 aliphatic carbocycles. The van der Waals surface area contributed by atoms with E-state index in [1.807, 2.05) is 50.1 Å². The van der Waals surface area contributed by atoms with Gasteiger partial charge in [0.05, 0.1) is 6.33 Å². The number of ketones is 1. The van der Waals surface area contributed by atoms with Gasteiger partial charge in [0.15, 0.2) is 23.1 Å². The molecule has 3 aromatic rings. The number of ether oxygens (including phenoxy) is 1.